The number of allylic oxidation sites excluding steroid dienone is 2. The minimum Gasteiger partial charge on any atom is -0.0907 e. The third-order valence-electron chi connectivity index (χ3n) is 2.70. The number of hydrogen-bond donors (Lipinski definition) is 0. The summed E-state index contributed by atoms with van der Waals surface area (Å²) < 4.78 is 0. The maximum absolute atomic E-state index is 2.24. The lowest BCUT2D eigenvalue weighted by molar-refractivity contribution is 1.02. The topological polar surface area (TPSA) is 0 Å². The van der Waals surface area contributed by atoms with Gasteiger partial charge in [-0.2, -0.15) is 0 Å². The van der Waals surface area contributed by atoms with Gasteiger partial charge in [-0.3, -0.25) is 0 Å². The molecule has 0 aliphatic rings. The average molecular weight is 224 g/mol. The Morgan fingerprint density at radius 2 is 1.18 bits per heavy atom. The van der Waals surface area contributed by atoms with E-state index >= 15 is 0 Å². The molecule has 88 valence electrons. The zero-order valence-corrected chi connectivity index (χ0v) is 9.51. The van der Waals surface area contributed by atoms with Crippen LogP contribution in [0.15, 0.2) is 72.8 Å². The molecule has 0 atom stereocenters. The molecule has 0 aliphatic heterocycles. The first kappa shape index (κ1) is 13.2. The van der Waals surface area contributed by atoms with Gasteiger partial charge in [0.15, 0.2) is 0 Å². The second-order valence-electron chi connectivity index (χ2n) is 3.82. The summed E-state index contributed by atoms with van der Waals surface area (Å²) in [7, 11) is 0. The van der Waals surface area contributed by atoms with E-state index in [1.165, 1.54) is 11.1 Å². The highest BCUT2D eigenvalue weighted by atomic mass is 14.1. The van der Waals surface area contributed by atoms with Crippen LogP contribution in [-0.2, 0) is 0 Å². The Morgan fingerprint density at radius 1 is 0.765 bits per heavy atom. The van der Waals surface area contributed by atoms with Gasteiger partial charge >= 0.3 is 0 Å². The van der Waals surface area contributed by atoms with E-state index in [2.05, 4.69) is 79.7 Å². The van der Waals surface area contributed by atoms with Crippen molar-refractivity contribution in [2.75, 3.05) is 0 Å². The molecule has 0 saturated heterocycles. The molecule has 0 unspecified atom stereocenters. The molecule has 0 aromatic heterocycles. The quantitative estimate of drug-likeness (QED) is 0.641. The first-order valence-corrected chi connectivity index (χ1v) is 5.64. The van der Waals surface area contributed by atoms with Gasteiger partial charge in [0.25, 0.3) is 0 Å². The van der Waals surface area contributed by atoms with Crippen molar-refractivity contribution < 1.29 is 0 Å². The van der Waals surface area contributed by atoms with Crippen LogP contribution in [0, 0.1) is 0 Å². The normalized spacial score (nSPS) is 10.5. The van der Waals surface area contributed by atoms with E-state index < -0.39 is 0 Å². The van der Waals surface area contributed by atoms with E-state index in [4.69, 9.17) is 0 Å². The summed E-state index contributed by atoms with van der Waals surface area (Å²) in [6, 6.07) is 21.2. The maximum atomic E-state index is 2.24. The van der Waals surface area contributed by atoms with Gasteiger partial charge in [0, 0.05) is 5.92 Å². The monoisotopic (exact) mass is 224 g/mol. The van der Waals surface area contributed by atoms with E-state index in [1.54, 1.807) is 0 Å². The van der Waals surface area contributed by atoms with E-state index in [0.29, 0.717) is 5.92 Å². The molecule has 17 heavy (non-hydrogen) atoms. The minimum absolute atomic E-state index is 0. The molecule has 0 radical (unpaired) electrons. The molecule has 2 aromatic carbocycles. The molecule has 2 rings (SSSR count). The first-order valence-electron chi connectivity index (χ1n) is 5.64. The van der Waals surface area contributed by atoms with Crippen molar-refractivity contribution in [3.8, 4) is 0 Å². The molecule has 0 spiro atoms. The van der Waals surface area contributed by atoms with Crippen LogP contribution < -0.4 is 0 Å². The summed E-state index contributed by atoms with van der Waals surface area (Å²) in [6.07, 6.45) is 4.36. The van der Waals surface area contributed by atoms with E-state index in [-0.39, 0.29) is 7.43 Å². The molecule has 0 bridgehead atoms. The molecule has 0 heteroatoms. The second-order valence-corrected chi connectivity index (χ2v) is 3.82. The van der Waals surface area contributed by atoms with Gasteiger partial charge in [0.1, 0.15) is 0 Å². The van der Waals surface area contributed by atoms with E-state index in [1.807, 2.05) is 0 Å². The molecule has 0 N–H and O–H groups in total. The number of rotatable bonds is 3. The highest BCUT2D eigenvalue weighted by Crippen LogP contribution is 2.25. The van der Waals surface area contributed by atoms with Crippen molar-refractivity contribution >= 4 is 0 Å². The highest BCUT2D eigenvalue weighted by Gasteiger charge is 2.08. The van der Waals surface area contributed by atoms with Gasteiger partial charge in [0.05, 0.1) is 0 Å². The maximum Gasteiger partial charge on any atom is 0.0269 e. The third-order valence-corrected chi connectivity index (χ3v) is 2.70. The molecule has 0 heterocycles. The van der Waals surface area contributed by atoms with Crippen LogP contribution in [0.4, 0.5) is 0 Å². The fourth-order valence-electron chi connectivity index (χ4n) is 1.93. The summed E-state index contributed by atoms with van der Waals surface area (Å²) in [5.41, 5.74) is 2.68. The number of benzene rings is 2. The molecular weight excluding hydrogens is 204 g/mol. The minimum atomic E-state index is 0. The zero-order valence-electron chi connectivity index (χ0n) is 9.51. The SMILES string of the molecule is C.CC=CC(c1ccccc1)c1ccccc1. The van der Waals surface area contributed by atoms with Crippen LogP contribution in [0.1, 0.15) is 31.4 Å². The van der Waals surface area contributed by atoms with Crippen LogP contribution in [0.25, 0.3) is 0 Å². The lowest BCUT2D eigenvalue weighted by atomic mass is 9.91. The van der Waals surface area contributed by atoms with Gasteiger partial charge in [-0.1, -0.05) is 80.2 Å². The number of hydrogen-bond acceptors (Lipinski definition) is 0. The lowest BCUT2D eigenvalue weighted by Gasteiger charge is -2.13. The fraction of sp³-hybridized carbons (Fsp3) is 0.176. The summed E-state index contributed by atoms with van der Waals surface area (Å²) in [6.45, 7) is 2.07. The first-order chi connectivity index (χ1) is 7.92. The van der Waals surface area contributed by atoms with Crippen molar-refractivity contribution in [2.45, 2.75) is 20.3 Å². The van der Waals surface area contributed by atoms with Gasteiger partial charge in [-0.15, -0.1) is 0 Å². The van der Waals surface area contributed by atoms with Crippen molar-refractivity contribution in [1.29, 1.82) is 0 Å². The van der Waals surface area contributed by atoms with Crippen molar-refractivity contribution in [1.82, 2.24) is 0 Å². The lowest BCUT2D eigenvalue weighted by Crippen LogP contribution is -1.96. The Labute approximate surface area is 105 Å². The molecule has 2 aromatic rings. The van der Waals surface area contributed by atoms with Crippen LogP contribution in [0.3, 0.4) is 0 Å². The van der Waals surface area contributed by atoms with Crippen LogP contribution in [0.5, 0.6) is 0 Å². The largest absolute Gasteiger partial charge is 0.0907 e. The summed E-state index contributed by atoms with van der Waals surface area (Å²) >= 11 is 0. The van der Waals surface area contributed by atoms with Crippen molar-refractivity contribution in [3.05, 3.63) is 83.9 Å². The van der Waals surface area contributed by atoms with Gasteiger partial charge in [-0.05, 0) is 18.1 Å². The summed E-state index contributed by atoms with van der Waals surface area (Å²) in [4.78, 5) is 0. The second kappa shape index (κ2) is 6.70. The standard InChI is InChI=1S/C16H16.CH4/c1-2-9-16(14-10-5-3-6-11-14)15-12-7-4-8-13-15;/h2-13,16H,1H3;1H4. The predicted molar refractivity (Wildman–Crippen MR) is 76.3 cm³/mol. The van der Waals surface area contributed by atoms with Crippen molar-refractivity contribution in [2.24, 2.45) is 0 Å². The van der Waals surface area contributed by atoms with Crippen LogP contribution >= 0.6 is 0 Å². The molecule has 0 amide bonds. The Morgan fingerprint density at radius 3 is 1.53 bits per heavy atom. The van der Waals surface area contributed by atoms with Gasteiger partial charge in [0.2, 0.25) is 0 Å². The van der Waals surface area contributed by atoms with E-state index in [0.717, 1.165) is 0 Å². The average Bonchev–Trinajstić information content (AvgIpc) is 2.38. The third kappa shape index (κ3) is 3.32. The summed E-state index contributed by atoms with van der Waals surface area (Å²) in [5, 5.41) is 0. The predicted octanol–water partition coefficient (Wildman–Crippen LogP) is 5.03. The molecule has 0 fully saturated rings. The Bertz CT molecular complexity index is 400. The molecular formula is C17H20. The van der Waals surface area contributed by atoms with Crippen molar-refractivity contribution in [3.63, 3.8) is 0 Å². The van der Waals surface area contributed by atoms with Crippen LogP contribution in [-0.4, -0.2) is 0 Å². The van der Waals surface area contributed by atoms with Gasteiger partial charge in [-0.25, -0.2) is 0 Å². The van der Waals surface area contributed by atoms with Crippen LogP contribution in [0.2, 0.25) is 0 Å². The Balaban J connectivity index is 0.00000144. The summed E-state index contributed by atoms with van der Waals surface area (Å²) in [5.74, 6) is 0.368. The molecule has 0 nitrogen and oxygen atoms in total. The van der Waals surface area contributed by atoms with Gasteiger partial charge < -0.3 is 0 Å². The molecule has 0 aliphatic carbocycles. The fourth-order valence-corrected chi connectivity index (χ4v) is 1.93. The Kier molecular flexibility index (Phi) is 5.22. The Hall–Kier alpha value is -1.82. The zero-order chi connectivity index (χ0) is 11.2. The smallest absolute Gasteiger partial charge is 0.0269 e. The highest BCUT2D eigenvalue weighted by molar-refractivity contribution is 5.36. The molecule has 0 saturated carbocycles. The van der Waals surface area contributed by atoms with E-state index in [9.17, 15) is 0 Å².